The van der Waals surface area contributed by atoms with Gasteiger partial charge in [0.05, 0.1) is 31.7 Å². The molecule has 0 atom stereocenters. The largest absolute Gasteiger partial charge is 0.493 e. The van der Waals surface area contributed by atoms with E-state index < -0.39 is 0 Å². The van der Waals surface area contributed by atoms with Gasteiger partial charge in [0.1, 0.15) is 0 Å². The number of nitrogens with zero attached hydrogens (tertiary/aromatic N) is 1. The predicted molar refractivity (Wildman–Crippen MR) is 108 cm³/mol. The summed E-state index contributed by atoms with van der Waals surface area (Å²) in [5.74, 6) is 1.04. The van der Waals surface area contributed by atoms with E-state index in [0.717, 1.165) is 43.3 Å². The van der Waals surface area contributed by atoms with Gasteiger partial charge in [-0.15, -0.1) is 0 Å². The van der Waals surface area contributed by atoms with Gasteiger partial charge in [-0.25, -0.2) is 4.90 Å². The summed E-state index contributed by atoms with van der Waals surface area (Å²) in [6.07, 6.45) is 3.78. The molecule has 6 nitrogen and oxygen atoms in total. The quantitative estimate of drug-likeness (QED) is 0.620. The number of benzene rings is 1. The molecule has 0 bridgehead atoms. The lowest BCUT2D eigenvalue weighted by atomic mass is 10.2. The molecule has 1 fully saturated rings. The van der Waals surface area contributed by atoms with Crippen LogP contribution in [0.5, 0.6) is 11.5 Å². The first kappa shape index (κ1) is 21.3. The molecule has 148 valence electrons. The maximum absolute atomic E-state index is 12.7. The number of carbonyl (C=O) groups is 2. The number of carbonyl (C=O) groups excluding carboxylic acids is 2. The summed E-state index contributed by atoms with van der Waals surface area (Å²) in [5, 5.41) is -0.200. The molecular formula is C20H29N2O4S+. The lowest BCUT2D eigenvalue weighted by molar-refractivity contribution is -0.907. The van der Waals surface area contributed by atoms with Gasteiger partial charge < -0.3 is 14.4 Å². The summed E-state index contributed by atoms with van der Waals surface area (Å²) in [6.45, 7) is 9.01. The number of imide groups is 1. The van der Waals surface area contributed by atoms with Crippen LogP contribution in [-0.2, 0) is 4.79 Å². The number of rotatable bonds is 10. The lowest BCUT2D eigenvalue weighted by Crippen LogP contribution is -3.13. The van der Waals surface area contributed by atoms with Crippen LogP contribution in [-0.4, -0.2) is 49.5 Å². The fourth-order valence-electron chi connectivity index (χ4n) is 3.05. The number of methoxy groups -OCH3 is 1. The van der Waals surface area contributed by atoms with Crippen LogP contribution in [0.15, 0.2) is 23.1 Å². The minimum Gasteiger partial charge on any atom is -0.493 e. The van der Waals surface area contributed by atoms with Crippen LogP contribution < -0.4 is 14.4 Å². The van der Waals surface area contributed by atoms with Gasteiger partial charge in [-0.2, -0.15) is 0 Å². The predicted octanol–water partition coefficient (Wildman–Crippen LogP) is 2.79. The summed E-state index contributed by atoms with van der Waals surface area (Å²) in [4.78, 5) is 28.2. The van der Waals surface area contributed by atoms with Crippen molar-refractivity contribution in [2.24, 2.45) is 0 Å². The topological polar surface area (TPSA) is 60.3 Å². The van der Waals surface area contributed by atoms with Crippen molar-refractivity contribution in [3.63, 3.8) is 0 Å². The van der Waals surface area contributed by atoms with E-state index in [1.54, 1.807) is 13.2 Å². The van der Waals surface area contributed by atoms with Gasteiger partial charge in [-0.05, 0) is 55.3 Å². The standard InChI is InChI=1S/C20H28N2O4S/c1-5-10-21(11-6-2)14-22-19(23)18(27-20(22)24)13-15-8-9-16(26-7-3)17(12-15)25-4/h8-9,12-13H,5-7,10-11,14H2,1-4H3/p+1/b18-13-. The molecule has 0 aliphatic carbocycles. The zero-order chi connectivity index (χ0) is 19.8. The van der Waals surface area contributed by atoms with Gasteiger partial charge >= 0.3 is 0 Å². The number of quaternary nitrogens is 1. The molecule has 1 heterocycles. The Labute approximate surface area is 165 Å². The molecule has 0 unspecified atom stereocenters. The van der Waals surface area contributed by atoms with Crippen molar-refractivity contribution >= 4 is 29.0 Å². The first-order valence-electron chi connectivity index (χ1n) is 9.43. The molecule has 1 saturated heterocycles. The van der Waals surface area contributed by atoms with Gasteiger partial charge in [-0.1, -0.05) is 19.9 Å². The Hall–Kier alpha value is -1.99. The van der Waals surface area contributed by atoms with E-state index in [-0.39, 0.29) is 11.1 Å². The summed E-state index contributed by atoms with van der Waals surface area (Å²) in [6, 6.07) is 5.48. The normalized spacial score (nSPS) is 15.9. The van der Waals surface area contributed by atoms with E-state index in [2.05, 4.69) is 13.8 Å². The number of hydrogen-bond acceptors (Lipinski definition) is 5. The molecule has 2 amide bonds. The highest BCUT2D eigenvalue weighted by Crippen LogP contribution is 2.34. The Kier molecular flexibility index (Phi) is 8.19. The monoisotopic (exact) mass is 393 g/mol. The van der Waals surface area contributed by atoms with Crippen molar-refractivity contribution in [2.45, 2.75) is 33.6 Å². The fraction of sp³-hybridized carbons (Fsp3) is 0.500. The smallest absolute Gasteiger partial charge is 0.298 e. The Bertz CT molecular complexity index is 699. The SMILES string of the molecule is CCC[NH+](CCC)CN1C(=O)S/C(=C\c2ccc(OCC)c(OC)c2)C1=O. The highest BCUT2D eigenvalue weighted by Gasteiger charge is 2.37. The molecule has 0 spiro atoms. The number of hydrogen-bond donors (Lipinski definition) is 1. The van der Waals surface area contributed by atoms with Crippen molar-refractivity contribution in [3.8, 4) is 11.5 Å². The van der Waals surface area contributed by atoms with Gasteiger partial charge in [-0.3, -0.25) is 9.59 Å². The number of nitrogens with one attached hydrogen (secondary N) is 1. The van der Waals surface area contributed by atoms with Crippen LogP contribution in [0.2, 0.25) is 0 Å². The number of ether oxygens (including phenoxy) is 2. The van der Waals surface area contributed by atoms with Crippen LogP contribution in [0.1, 0.15) is 39.2 Å². The lowest BCUT2D eigenvalue weighted by Gasteiger charge is -2.22. The summed E-state index contributed by atoms with van der Waals surface area (Å²) < 4.78 is 10.9. The van der Waals surface area contributed by atoms with Crippen molar-refractivity contribution in [3.05, 3.63) is 28.7 Å². The molecule has 0 radical (unpaired) electrons. The molecular weight excluding hydrogens is 364 g/mol. The Morgan fingerprint density at radius 2 is 1.81 bits per heavy atom. The Morgan fingerprint density at radius 3 is 2.41 bits per heavy atom. The van der Waals surface area contributed by atoms with Gasteiger partial charge in [0.25, 0.3) is 11.1 Å². The van der Waals surface area contributed by atoms with Crippen molar-refractivity contribution in [1.29, 1.82) is 0 Å². The third kappa shape index (κ3) is 5.49. The molecule has 2 rings (SSSR count). The van der Waals surface area contributed by atoms with Crippen LogP contribution >= 0.6 is 11.8 Å². The van der Waals surface area contributed by atoms with E-state index in [9.17, 15) is 9.59 Å². The van der Waals surface area contributed by atoms with Gasteiger partial charge in [0.2, 0.25) is 0 Å². The summed E-state index contributed by atoms with van der Waals surface area (Å²) in [7, 11) is 1.58. The van der Waals surface area contributed by atoms with Crippen LogP contribution in [0.3, 0.4) is 0 Å². The highest BCUT2D eigenvalue weighted by molar-refractivity contribution is 8.18. The van der Waals surface area contributed by atoms with Crippen molar-refractivity contribution in [1.82, 2.24) is 4.90 Å². The average molecular weight is 394 g/mol. The number of thioether (sulfide) groups is 1. The van der Waals surface area contributed by atoms with E-state index in [1.165, 1.54) is 9.80 Å². The zero-order valence-corrected chi connectivity index (χ0v) is 17.4. The summed E-state index contributed by atoms with van der Waals surface area (Å²) >= 11 is 0.996. The third-order valence-corrected chi connectivity index (χ3v) is 5.16. The minimum atomic E-state index is -0.220. The molecule has 0 saturated carbocycles. The second-order valence-electron chi connectivity index (χ2n) is 6.36. The van der Waals surface area contributed by atoms with E-state index in [0.29, 0.717) is 29.7 Å². The molecule has 27 heavy (non-hydrogen) atoms. The zero-order valence-electron chi connectivity index (χ0n) is 16.5. The average Bonchev–Trinajstić information content (AvgIpc) is 2.91. The van der Waals surface area contributed by atoms with Gasteiger partial charge in [0, 0.05) is 0 Å². The third-order valence-electron chi connectivity index (χ3n) is 4.25. The second-order valence-corrected chi connectivity index (χ2v) is 7.35. The Morgan fingerprint density at radius 1 is 1.11 bits per heavy atom. The van der Waals surface area contributed by atoms with E-state index in [1.807, 2.05) is 25.1 Å². The first-order chi connectivity index (χ1) is 13.0. The molecule has 1 aromatic carbocycles. The maximum Gasteiger partial charge on any atom is 0.298 e. The van der Waals surface area contributed by atoms with Crippen molar-refractivity contribution in [2.75, 3.05) is 33.5 Å². The van der Waals surface area contributed by atoms with Crippen LogP contribution in [0.4, 0.5) is 4.79 Å². The fourth-order valence-corrected chi connectivity index (χ4v) is 3.89. The molecule has 1 aliphatic rings. The van der Waals surface area contributed by atoms with E-state index in [4.69, 9.17) is 9.47 Å². The molecule has 7 heteroatoms. The second kappa shape index (κ2) is 10.4. The van der Waals surface area contributed by atoms with E-state index >= 15 is 0 Å². The Balaban J connectivity index is 2.17. The summed E-state index contributed by atoms with van der Waals surface area (Å²) in [5.41, 5.74) is 0.798. The molecule has 1 N–H and O–H groups in total. The minimum absolute atomic E-state index is 0.200. The number of amides is 2. The van der Waals surface area contributed by atoms with Gasteiger partial charge in [0.15, 0.2) is 18.2 Å². The van der Waals surface area contributed by atoms with Crippen LogP contribution in [0.25, 0.3) is 6.08 Å². The maximum atomic E-state index is 12.7. The highest BCUT2D eigenvalue weighted by atomic mass is 32.2. The van der Waals surface area contributed by atoms with Crippen molar-refractivity contribution < 1.29 is 24.0 Å². The molecule has 1 aromatic rings. The first-order valence-corrected chi connectivity index (χ1v) is 10.2. The van der Waals surface area contributed by atoms with Crippen LogP contribution in [0, 0.1) is 0 Å². The molecule has 0 aromatic heterocycles. The molecule has 1 aliphatic heterocycles.